The number of carbonyl (C=O) groups is 1. The lowest BCUT2D eigenvalue weighted by atomic mass is 10.0. The van der Waals surface area contributed by atoms with Crippen molar-refractivity contribution in [2.75, 3.05) is 11.9 Å². The monoisotopic (exact) mass is 327 g/mol. The Morgan fingerprint density at radius 1 is 1.29 bits per heavy atom. The van der Waals surface area contributed by atoms with Crippen molar-refractivity contribution in [2.24, 2.45) is 0 Å². The molecule has 1 aromatic carbocycles. The lowest BCUT2D eigenvalue weighted by Crippen LogP contribution is -2.44. The van der Waals surface area contributed by atoms with E-state index in [-0.39, 0.29) is 17.9 Å². The molecule has 1 atom stereocenters. The van der Waals surface area contributed by atoms with Crippen molar-refractivity contribution in [3.63, 3.8) is 0 Å². The number of rotatable bonds is 2. The molecular formula is C19H22FN3O. The van der Waals surface area contributed by atoms with E-state index in [9.17, 15) is 9.18 Å². The zero-order valence-electron chi connectivity index (χ0n) is 14.1. The Morgan fingerprint density at radius 3 is 2.88 bits per heavy atom. The first-order valence-corrected chi connectivity index (χ1v) is 8.34. The highest BCUT2D eigenvalue weighted by atomic mass is 19.1. The van der Waals surface area contributed by atoms with Gasteiger partial charge in [0.1, 0.15) is 5.82 Å². The van der Waals surface area contributed by atoms with Crippen molar-refractivity contribution in [1.82, 2.24) is 9.88 Å². The van der Waals surface area contributed by atoms with E-state index in [0.717, 1.165) is 30.5 Å². The van der Waals surface area contributed by atoms with Gasteiger partial charge in [-0.25, -0.2) is 9.18 Å². The van der Waals surface area contributed by atoms with Gasteiger partial charge >= 0.3 is 6.03 Å². The Bertz CT molecular complexity index is 747. The third-order valence-corrected chi connectivity index (χ3v) is 4.57. The Labute approximate surface area is 141 Å². The van der Waals surface area contributed by atoms with Gasteiger partial charge in [0.2, 0.25) is 0 Å². The van der Waals surface area contributed by atoms with Crippen LogP contribution in [0.1, 0.15) is 31.7 Å². The normalized spacial score (nSPS) is 17.6. The second kappa shape index (κ2) is 6.99. The molecule has 24 heavy (non-hydrogen) atoms. The van der Waals surface area contributed by atoms with Gasteiger partial charge in [0, 0.05) is 30.0 Å². The van der Waals surface area contributed by atoms with Crippen molar-refractivity contribution in [1.29, 1.82) is 0 Å². The summed E-state index contributed by atoms with van der Waals surface area (Å²) in [4.78, 5) is 18.3. The molecule has 0 unspecified atom stereocenters. The van der Waals surface area contributed by atoms with Crippen molar-refractivity contribution in [3.8, 4) is 11.1 Å². The van der Waals surface area contributed by atoms with Gasteiger partial charge in [0.05, 0.1) is 6.20 Å². The molecule has 0 spiro atoms. The molecule has 1 saturated heterocycles. The summed E-state index contributed by atoms with van der Waals surface area (Å²) in [5.74, 6) is -0.372. The fourth-order valence-electron chi connectivity index (χ4n) is 3.17. The van der Waals surface area contributed by atoms with Gasteiger partial charge in [-0.15, -0.1) is 0 Å². The van der Waals surface area contributed by atoms with E-state index in [1.54, 1.807) is 6.20 Å². The van der Waals surface area contributed by atoms with Gasteiger partial charge < -0.3 is 10.2 Å². The fourth-order valence-corrected chi connectivity index (χ4v) is 3.17. The van der Waals surface area contributed by atoms with Crippen LogP contribution < -0.4 is 5.32 Å². The number of aryl methyl sites for hydroxylation is 1. The van der Waals surface area contributed by atoms with Crippen LogP contribution in [0.15, 0.2) is 36.7 Å². The van der Waals surface area contributed by atoms with E-state index in [1.807, 2.05) is 30.0 Å². The lowest BCUT2D eigenvalue weighted by molar-refractivity contribution is 0.170. The Morgan fingerprint density at radius 2 is 2.12 bits per heavy atom. The van der Waals surface area contributed by atoms with Gasteiger partial charge in [-0.3, -0.25) is 4.98 Å². The molecule has 1 N–H and O–H groups in total. The molecule has 5 heteroatoms. The number of urea groups is 1. The number of aromatic nitrogens is 1. The molecule has 0 aliphatic carbocycles. The smallest absolute Gasteiger partial charge is 0.322 e. The van der Waals surface area contributed by atoms with E-state index >= 15 is 0 Å². The first kappa shape index (κ1) is 16.4. The third-order valence-electron chi connectivity index (χ3n) is 4.57. The summed E-state index contributed by atoms with van der Waals surface area (Å²) in [6.07, 6.45) is 6.07. The molecule has 1 aromatic heterocycles. The highest BCUT2D eigenvalue weighted by Gasteiger charge is 2.23. The quantitative estimate of drug-likeness (QED) is 0.876. The maximum atomic E-state index is 13.4. The predicted octanol–water partition coefficient (Wildman–Crippen LogP) is 4.60. The molecule has 3 rings (SSSR count). The van der Waals surface area contributed by atoms with Crippen LogP contribution in [0.3, 0.4) is 0 Å². The standard InChI is InChI=1S/C19H22FN3O/c1-13-6-7-17(10-18(13)15-9-16(20)12-21-11-15)22-19(24)23-8-4-3-5-14(23)2/h6-7,9-12,14H,3-5,8H2,1-2H3,(H,22,24)/t14-/m1/s1. The van der Waals surface area contributed by atoms with Crippen LogP contribution in [0.2, 0.25) is 0 Å². The number of carbonyl (C=O) groups excluding carboxylic acids is 1. The summed E-state index contributed by atoms with van der Waals surface area (Å²) in [6, 6.07) is 7.31. The molecule has 1 aliphatic rings. The van der Waals surface area contributed by atoms with Gasteiger partial charge in [-0.1, -0.05) is 6.07 Å². The van der Waals surface area contributed by atoms with Gasteiger partial charge in [-0.2, -0.15) is 0 Å². The number of hydrogen-bond acceptors (Lipinski definition) is 2. The minimum absolute atomic E-state index is 0.0747. The largest absolute Gasteiger partial charge is 0.322 e. The van der Waals surface area contributed by atoms with E-state index in [1.165, 1.54) is 18.7 Å². The Hall–Kier alpha value is -2.43. The second-order valence-corrected chi connectivity index (χ2v) is 6.39. The molecule has 2 aromatic rings. The molecule has 2 amide bonds. The SMILES string of the molecule is Cc1ccc(NC(=O)N2CCCC[C@H]2C)cc1-c1cncc(F)c1. The van der Waals surface area contributed by atoms with Crippen molar-refractivity contribution < 1.29 is 9.18 Å². The first-order valence-electron chi connectivity index (χ1n) is 8.34. The molecular weight excluding hydrogens is 305 g/mol. The van der Waals surface area contributed by atoms with Gasteiger partial charge in [0.15, 0.2) is 0 Å². The number of pyridine rings is 1. The number of piperidine rings is 1. The summed E-state index contributed by atoms with van der Waals surface area (Å²) in [7, 11) is 0. The molecule has 0 radical (unpaired) electrons. The number of likely N-dealkylation sites (tertiary alicyclic amines) is 1. The van der Waals surface area contributed by atoms with Crippen LogP contribution in [-0.2, 0) is 0 Å². The molecule has 0 bridgehead atoms. The summed E-state index contributed by atoms with van der Waals surface area (Å²) >= 11 is 0. The topological polar surface area (TPSA) is 45.2 Å². The van der Waals surface area contributed by atoms with E-state index < -0.39 is 0 Å². The zero-order chi connectivity index (χ0) is 17.1. The summed E-state index contributed by atoms with van der Waals surface area (Å²) in [5, 5.41) is 2.97. The minimum Gasteiger partial charge on any atom is -0.322 e. The van der Waals surface area contributed by atoms with Crippen LogP contribution in [-0.4, -0.2) is 28.5 Å². The van der Waals surface area contributed by atoms with E-state index in [4.69, 9.17) is 0 Å². The van der Waals surface area contributed by atoms with E-state index in [2.05, 4.69) is 17.2 Å². The Balaban J connectivity index is 1.82. The van der Waals surface area contributed by atoms with Crippen molar-refractivity contribution in [3.05, 3.63) is 48.0 Å². The second-order valence-electron chi connectivity index (χ2n) is 6.39. The van der Waals surface area contributed by atoms with Gasteiger partial charge in [0.25, 0.3) is 0 Å². The van der Waals surface area contributed by atoms with Crippen LogP contribution in [0.4, 0.5) is 14.9 Å². The average Bonchev–Trinajstić information content (AvgIpc) is 2.57. The van der Waals surface area contributed by atoms with Crippen LogP contribution >= 0.6 is 0 Å². The van der Waals surface area contributed by atoms with Crippen LogP contribution in [0.25, 0.3) is 11.1 Å². The molecule has 1 aliphatic heterocycles. The first-order chi connectivity index (χ1) is 11.5. The minimum atomic E-state index is -0.372. The summed E-state index contributed by atoms with van der Waals surface area (Å²) in [5.41, 5.74) is 3.29. The third kappa shape index (κ3) is 3.55. The predicted molar refractivity (Wildman–Crippen MR) is 93.4 cm³/mol. The number of hydrogen-bond donors (Lipinski definition) is 1. The molecule has 126 valence electrons. The lowest BCUT2D eigenvalue weighted by Gasteiger charge is -2.33. The molecule has 2 heterocycles. The van der Waals surface area contributed by atoms with E-state index in [0.29, 0.717) is 11.3 Å². The zero-order valence-corrected chi connectivity index (χ0v) is 14.1. The van der Waals surface area contributed by atoms with Crippen LogP contribution in [0.5, 0.6) is 0 Å². The number of nitrogens with one attached hydrogen (secondary N) is 1. The number of halogens is 1. The van der Waals surface area contributed by atoms with Crippen LogP contribution in [0, 0.1) is 12.7 Å². The number of amides is 2. The molecule has 4 nitrogen and oxygen atoms in total. The summed E-state index contributed by atoms with van der Waals surface area (Å²) < 4.78 is 13.4. The highest BCUT2D eigenvalue weighted by Crippen LogP contribution is 2.27. The highest BCUT2D eigenvalue weighted by molar-refractivity contribution is 5.90. The number of benzene rings is 1. The molecule has 1 fully saturated rings. The number of anilines is 1. The maximum absolute atomic E-state index is 13.4. The molecule has 0 saturated carbocycles. The van der Waals surface area contributed by atoms with Crippen molar-refractivity contribution >= 4 is 11.7 Å². The maximum Gasteiger partial charge on any atom is 0.322 e. The average molecular weight is 327 g/mol. The van der Waals surface area contributed by atoms with Gasteiger partial charge in [-0.05, 0) is 62.4 Å². The van der Waals surface area contributed by atoms with Crippen molar-refractivity contribution in [2.45, 2.75) is 39.2 Å². The number of nitrogens with zero attached hydrogens (tertiary/aromatic N) is 2. The Kier molecular flexibility index (Phi) is 4.79. The fraction of sp³-hybridized carbons (Fsp3) is 0.368. The summed E-state index contributed by atoms with van der Waals surface area (Å²) in [6.45, 7) is 4.83.